The standard InChI is InChI=1S/C25H22O5/c1-15(2)22-13-20(26)25-18(12-24(27)28)10-16(11-23(25)30-22)14-29-21-9-5-7-17-6-3-4-8-19(17)21/h3-11,13,15H,12,14H2,1-2H3,(H,27,28). The first kappa shape index (κ1) is 19.7. The molecule has 0 atom stereocenters. The maximum absolute atomic E-state index is 12.7. The van der Waals surface area contributed by atoms with E-state index in [9.17, 15) is 14.7 Å². The molecule has 0 radical (unpaired) electrons. The highest BCUT2D eigenvalue weighted by molar-refractivity contribution is 5.88. The molecular formula is C25H22O5. The Hall–Kier alpha value is -3.60. The van der Waals surface area contributed by atoms with Gasteiger partial charge in [0, 0.05) is 17.4 Å². The number of hydrogen-bond donors (Lipinski definition) is 1. The first-order valence-corrected chi connectivity index (χ1v) is 9.84. The summed E-state index contributed by atoms with van der Waals surface area (Å²) in [6.07, 6.45) is -0.260. The minimum atomic E-state index is -1.00. The minimum Gasteiger partial charge on any atom is -0.488 e. The second-order valence-corrected chi connectivity index (χ2v) is 7.63. The Balaban J connectivity index is 1.76. The van der Waals surface area contributed by atoms with Crippen LogP contribution in [0.5, 0.6) is 5.75 Å². The monoisotopic (exact) mass is 402 g/mol. The minimum absolute atomic E-state index is 0.0422. The van der Waals surface area contributed by atoms with Gasteiger partial charge in [0.2, 0.25) is 0 Å². The third kappa shape index (κ3) is 3.92. The Labute approximate surface area is 173 Å². The normalized spacial score (nSPS) is 11.3. The van der Waals surface area contributed by atoms with Gasteiger partial charge in [0.05, 0.1) is 11.8 Å². The highest BCUT2D eigenvalue weighted by Crippen LogP contribution is 2.28. The number of aliphatic carboxylic acids is 1. The molecule has 0 fully saturated rings. The van der Waals surface area contributed by atoms with Gasteiger partial charge in [0.15, 0.2) is 5.43 Å². The zero-order chi connectivity index (χ0) is 21.3. The van der Waals surface area contributed by atoms with E-state index in [1.54, 1.807) is 12.1 Å². The van der Waals surface area contributed by atoms with Gasteiger partial charge in [-0.05, 0) is 28.6 Å². The number of fused-ring (bicyclic) bond motifs is 2. The molecule has 0 aliphatic carbocycles. The number of rotatable bonds is 6. The maximum Gasteiger partial charge on any atom is 0.307 e. The third-order valence-electron chi connectivity index (χ3n) is 5.05. The number of carbonyl (C=O) groups is 1. The fourth-order valence-electron chi connectivity index (χ4n) is 3.61. The second-order valence-electron chi connectivity index (χ2n) is 7.63. The average Bonchev–Trinajstić information content (AvgIpc) is 2.71. The van der Waals surface area contributed by atoms with Gasteiger partial charge in [-0.1, -0.05) is 56.3 Å². The van der Waals surface area contributed by atoms with Crippen LogP contribution in [-0.2, 0) is 17.8 Å². The summed E-state index contributed by atoms with van der Waals surface area (Å²) in [5.41, 5.74) is 1.34. The molecule has 5 nitrogen and oxygen atoms in total. The molecule has 0 amide bonds. The van der Waals surface area contributed by atoms with Crippen LogP contribution in [0.4, 0.5) is 0 Å². The second kappa shape index (κ2) is 8.03. The van der Waals surface area contributed by atoms with E-state index < -0.39 is 5.97 Å². The van der Waals surface area contributed by atoms with Crippen molar-refractivity contribution >= 4 is 27.7 Å². The van der Waals surface area contributed by atoms with Crippen molar-refractivity contribution < 1.29 is 19.1 Å². The van der Waals surface area contributed by atoms with Gasteiger partial charge >= 0.3 is 5.97 Å². The van der Waals surface area contributed by atoms with Crippen LogP contribution in [0, 0.1) is 0 Å². The maximum atomic E-state index is 12.7. The highest BCUT2D eigenvalue weighted by Gasteiger charge is 2.15. The third-order valence-corrected chi connectivity index (χ3v) is 5.05. The van der Waals surface area contributed by atoms with Crippen LogP contribution in [0.1, 0.15) is 36.7 Å². The van der Waals surface area contributed by atoms with Crippen LogP contribution in [0.15, 0.2) is 69.9 Å². The molecule has 0 saturated heterocycles. The van der Waals surface area contributed by atoms with E-state index in [1.165, 1.54) is 6.07 Å². The lowest BCUT2D eigenvalue weighted by atomic mass is 10.0. The van der Waals surface area contributed by atoms with Crippen LogP contribution in [-0.4, -0.2) is 11.1 Å². The molecule has 0 spiro atoms. The van der Waals surface area contributed by atoms with Crippen molar-refractivity contribution in [2.45, 2.75) is 32.8 Å². The Morgan fingerprint density at radius 3 is 2.60 bits per heavy atom. The van der Waals surface area contributed by atoms with E-state index >= 15 is 0 Å². The fraction of sp³-hybridized carbons (Fsp3) is 0.200. The number of hydrogen-bond acceptors (Lipinski definition) is 4. The van der Waals surface area contributed by atoms with Crippen LogP contribution in [0.25, 0.3) is 21.7 Å². The van der Waals surface area contributed by atoms with Crippen molar-refractivity contribution in [2.75, 3.05) is 0 Å². The average molecular weight is 402 g/mol. The highest BCUT2D eigenvalue weighted by atomic mass is 16.5. The summed E-state index contributed by atoms with van der Waals surface area (Å²) in [5, 5.41) is 11.7. The predicted octanol–water partition coefficient (Wildman–Crippen LogP) is 5.28. The van der Waals surface area contributed by atoms with Crippen LogP contribution >= 0.6 is 0 Å². The summed E-state index contributed by atoms with van der Waals surface area (Å²) in [6, 6.07) is 18.7. The smallest absolute Gasteiger partial charge is 0.307 e. The lowest BCUT2D eigenvalue weighted by molar-refractivity contribution is -0.136. The molecule has 4 aromatic rings. The molecule has 152 valence electrons. The van der Waals surface area contributed by atoms with Gasteiger partial charge in [0.1, 0.15) is 23.7 Å². The molecule has 1 aromatic heterocycles. The molecule has 4 rings (SSSR count). The van der Waals surface area contributed by atoms with Crippen molar-refractivity contribution in [1.29, 1.82) is 0 Å². The lowest BCUT2D eigenvalue weighted by Crippen LogP contribution is -2.10. The van der Waals surface area contributed by atoms with Crippen molar-refractivity contribution in [3.63, 3.8) is 0 Å². The topological polar surface area (TPSA) is 76.7 Å². The van der Waals surface area contributed by atoms with E-state index in [-0.39, 0.29) is 24.4 Å². The molecule has 0 aliphatic heterocycles. The number of benzene rings is 3. The van der Waals surface area contributed by atoms with E-state index in [0.29, 0.717) is 22.3 Å². The van der Waals surface area contributed by atoms with Gasteiger partial charge in [-0.25, -0.2) is 0 Å². The fourth-order valence-corrected chi connectivity index (χ4v) is 3.61. The molecular weight excluding hydrogens is 380 g/mol. The summed E-state index contributed by atoms with van der Waals surface area (Å²) in [7, 11) is 0. The molecule has 1 N–H and O–H groups in total. The van der Waals surface area contributed by atoms with E-state index in [1.807, 2.05) is 56.3 Å². The largest absolute Gasteiger partial charge is 0.488 e. The van der Waals surface area contributed by atoms with E-state index in [2.05, 4.69) is 0 Å². The molecule has 30 heavy (non-hydrogen) atoms. The number of ether oxygens (including phenoxy) is 1. The van der Waals surface area contributed by atoms with Crippen LogP contribution in [0.2, 0.25) is 0 Å². The zero-order valence-electron chi connectivity index (χ0n) is 16.8. The van der Waals surface area contributed by atoms with Gasteiger partial charge < -0.3 is 14.3 Å². The van der Waals surface area contributed by atoms with Crippen molar-refractivity contribution in [2.24, 2.45) is 0 Å². The Kier molecular flexibility index (Phi) is 5.27. The Morgan fingerprint density at radius 1 is 1.07 bits per heavy atom. The van der Waals surface area contributed by atoms with E-state index in [4.69, 9.17) is 9.15 Å². The van der Waals surface area contributed by atoms with Crippen LogP contribution in [0.3, 0.4) is 0 Å². The molecule has 0 bridgehead atoms. The summed E-state index contributed by atoms with van der Waals surface area (Å²) in [6.45, 7) is 4.11. The Bertz CT molecular complexity index is 1290. The quantitative estimate of drug-likeness (QED) is 0.475. The first-order valence-electron chi connectivity index (χ1n) is 9.84. The summed E-state index contributed by atoms with van der Waals surface area (Å²) < 4.78 is 12.0. The summed E-state index contributed by atoms with van der Waals surface area (Å²) in [5.74, 6) is 0.350. The molecule has 5 heteroatoms. The van der Waals surface area contributed by atoms with Crippen molar-refractivity contribution in [1.82, 2.24) is 0 Å². The summed E-state index contributed by atoms with van der Waals surface area (Å²) >= 11 is 0. The molecule has 3 aromatic carbocycles. The summed E-state index contributed by atoms with van der Waals surface area (Å²) in [4.78, 5) is 24.0. The van der Waals surface area contributed by atoms with Gasteiger partial charge in [-0.3, -0.25) is 9.59 Å². The van der Waals surface area contributed by atoms with Crippen LogP contribution < -0.4 is 10.2 Å². The van der Waals surface area contributed by atoms with Gasteiger partial charge in [0.25, 0.3) is 0 Å². The van der Waals surface area contributed by atoms with Crippen molar-refractivity contribution in [3.05, 3.63) is 87.8 Å². The number of carboxylic acids is 1. The lowest BCUT2D eigenvalue weighted by Gasteiger charge is -2.13. The first-order chi connectivity index (χ1) is 14.4. The Morgan fingerprint density at radius 2 is 1.83 bits per heavy atom. The number of carboxylic acid groups (broad SMARTS) is 1. The SMILES string of the molecule is CC(C)c1cc(=O)c2c(CC(=O)O)cc(COc3cccc4ccccc34)cc2o1. The predicted molar refractivity (Wildman–Crippen MR) is 116 cm³/mol. The van der Waals surface area contributed by atoms with E-state index in [0.717, 1.165) is 22.1 Å². The van der Waals surface area contributed by atoms with Gasteiger partial charge in [-0.15, -0.1) is 0 Å². The molecule has 1 heterocycles. The zero-order valence-corrected chi connectivity index (χ0v) is 16.8. The van der Waals surface area contributed by atoms with Crippen molar-refractivity contribution in [3.8, 4) is 5.75 Å². The molecule has 0 unspecified atom stereocenters. The molecule has 0 saturated carbocycles. The molecule has 0 aliphatic rings. The van der Waals surface area contributed by atoms with Gasteiger partial charge in [-0.2, -0.15) is 0 Å².